The normalized spacial score (nSPS) is 24.7. The molecule has 35 heavy (non-hydrogen) atoms. The number of Topliss-reactive ketones (excluding diaryl/α,β-unsaturated/α-hetero) is 1. The Labute approximate surface area is 208 Å². The highest BCUT2D eigenvalue weighted by Crippen LogP contribution is 2.50. The van der Waals surface area contributed by atoms with Crippen molar-refractivity contribution in [3.8, 4) is 0 Å². The second-order valence-electron chi connectivity index (χ2n) is 9.06. The summed E-state index contributed by atoms with van der Waals surface area (Å²) in [5, 5.41) is 6.48. The molecule has 1 N–H and O–H groups in total. The predicted molar refractivity (Wildman–Crippen MR) is 121 cm³/mol. The Hall–Kier alpha value is -2.20. The van der Waals surface area contributed by atoms with Gasteiger partial charge < -0.3 is 19.7 Å². The summed E-state index contributed by atoms with van der Waals surface area (Å²) >= 11 is 11.7. The molecule has 3 atom stereocenters. The standard InChI is InChI=1S/C24H20Cl2F4N2O3/c1-11(33)2-5-18-14-6-12(3-4-16(14)23(34-18)9-31-10-23)21-19(24(28,29)30)22(35-32-21)15-7-13(25)8-17(26)20(15)27/h3-4,6-8,18-19,22,31H,2,5,9-10H2,1H3. The first-order chi connectivity index (χ1) is 16.5. The quantitative estimate of drug-likeness (QED) is 0.379. The summed E-state index contributed by atoms with van der Waals surface area (Å²) in [7, 11) is 0. The summed E-state index contributed by atoms with van der Waals surface area (Å²) in [5.41, 5.74) is 0.416. The average Bonchev–Trinajstić information content (AvgIpc) is 3.34. The first-order valence-corrected chi connectivity index (χ1v) is 11.7. The molecule has 0 aliphatic carbocycles. The fraction of sp³-hybridized carbons (Fsp3) is 0.417. The fourth-order valence-corrected chi connectivity index (χ4v) is 5.44. The van der Waals surface area contributed by atoms with E-state index in [-0.39, 0.29) is 28.5 Å². The fourth-order valence-electron chi connectivity index (χ4n) is 4.93. The smallest absolute Gasteiger partial charge is 0.386 e. The van der Waals surface area contributed by atoms with Crippen LogP contribution in [-0.4, -0.2) is 30.8 Å². The number of ether oxygens (including phenoxy) is 1. The molecule has 3 heterocycles. The van der Waals surface area contributed by atoms with Gasteiger partial charge in [0.15, 0.2) is 6.10 Å². The SMILES string of the molecule is CC(=O)CCC1OC2(CNC2)c2ccc(C3=NOC(c4cc(Cl)cc(Cl)c4F)C3C(F)(F)F)cc21. The van der Waals surface area contributed by atoms with Gasteiger partial charge in [0.1, 0.15) is 28.8 Å². The molecule has 0 saturated carbocycles. The second kappa shape index (κ2) is 8.73. The van der Waals surface area contributed by atoms with Gasteiger partial charge >= 0.3 is 6.18 Å². The number of carbonyl (C=O) groups excluding carboxylic acids is 1. The first kappa shape index (κ1) is 24.5. The highest BCUT2D eigenvalue weighted by Gasteiger charge is 2.55. The molecule has 3 aliphatic heterocycles. The third-order valence-corrected chi connectivity index (χ3v) is 7.17. The van der Waals surface area contributed by atoms with E-state index in [0.29, 0.717) is 25.1 Å². The van der Waals surface area contributed by atoms with Crippen LogP contribution < -0.4 is 5.32 Å². The minimum Gasteiger partial charge on any atom is -0.386 e. The number of benzene rings is 2. The van der Waals surface area contributed by atoms with E-state index in [2.05, 4.69) is 10.5 Å². The average molecular weight is 531 g/mol. The molecule has 1 fully saturated rings. The van der Waals surface area contributed by atoms with E-state index < -0.39 is 46.3 Å². The highest BCUT2D eigenvalue weighted by molar-refractivity contribution is 6.34. The van der Waals surface area contributed by atoms with Gasteiger partial charge in [-0.1, -0.05) is 40.5 Å². The molecule has 0 bridgehead atoms. The maximum atomic E-state index is 14.7. The van der Waals surface area contributed by atoms with Gasteiger partial charge in [0.05, 0.1) is 11.1 Å². The number of oxime groups is 1. The number of hydrogen-bond acceptors (Lipinski definition) is 5. The van der Waals surface area contributed by atoms with Gasteiger partial charge in [0.2, 0.25) is 0 Å². The van der Waals surface area contributed by atoms with Crippen molar-refractivity contribution >= 4 is 34.7 Å². The van der Waals surface area contributed by atoms with Gasteiger partial charge in [-0.2, -0.15) is 13.2 Å². The molecule has 1 spiro atoms. The summed E-state index contributed by atoms with van der Waals surface area (Å²) in [5.74, 6) is -3.30. The lowest BCUT2D eigenvalue weighted by Gasteiger charge is -2.39. The maximum absolute atomic E-state index is 14.7. The topological polar surface area (TPSA) is 59.9 Å². The van der Waals surface area contributed by atoms with Crippen molar-refractivity contribution in [1.82, 2.24) is 5.32 Å². The van der Waals surface area contributed by atoms with Gasteiger partial charge in [-0.15, -0.1) is 0 Å². The summed E-state index contributed by atoms with van der Waals surface area (Å²) < 4.78 is 63.8. The first-order valence-electron chi connectivity index (χ1n) is 11.0. The molecule has 2 aromatic rings. The van der Waals surface area contributed by atoms with E-state index in [4.69, 9.17) is 32.8 Å². The van der Waals surface area contributed by atoms with E-state index in [9.17, 15) is 22.4 Å². The van der Waals surface area contributed by atoms with Gasteiger partial charge in [0, 0.05) is 35.7 Å². The molecule has 3 unspecified atom stereocenters. The summed E-state index contributed by atoms with van der Waals surface area (Å²) in [6, 6.07) is 7.05. The minimum atomic E-state index is -4.80. The molecule has 3 aliphatic rings. The molecule has 0 aromatic heterocycles. The van der Waals surface area contributed by atoms with Crippen LogP contribution in [0.4, 0.5) is 17.6 Å². The molecule has 186 valence electrons. The van der Waals surface area contributed by atoms with Crippen molar-refractivity contribution in [3.63, 3.8) is 0 Å². The minimum absolute atomic E-state index is 0.00487. The Bertz CT molecular complexity index is 1230. The van der Waals surface area contributed by atoms with Crippen molar-refractivity contribution in [2.45, 2.75) is 43.8 Å². The van der Waals surface area contributed by atoms with Crippen LogP contribution in [0.15, 0.2) is 35.5 Å². The Kier molecular flexibility index (Phi) is 6.11. The summed E-state index contributed by atoms with van der Waals surface area (Å²) in [6.07, 6.45) is -6.34. The van der Waals surface area contributed by atoms with E-state index in [0.717, 1.165) is 17.7 Å². The third-order valence-electron chi connectivity index (χ3n) is 6.67. The number of nitrogens with zero attached hydrogens (tertiary/aromatic N) is 1. The lowest BCUT2D eigenvalue weighted by Crippen LogP contribution is -2.56. The Morgan fingerprint density at radius 1 is 1.20 bits per heavy atom. The van der Waals surface area contributed by atoms with Gasteiger partial charge in [-0.05, 0) is 42.7 Å². The van der Waals surface area contributed by atoms with Gasteiger partial charge in [-0.25, -0.2) is 4.39 Å². The molecule has 5 rings (SSSR count). The highest BCUT2D eigenvalue weighted by atomic mass is 35.5. The molecular weight excluding hydrogens is 511 g/mol. The van der Waals surface area contributed by atoms with Gasteiger partial charge in [-0.3, -0.25) is 0 Å². The van der Waals surface area contributed by atoms with Crippen molar-refractivity contribution in [1.29, 1.82) is 0 Å². The van der Waals surface area contributed by atoms with Crippen molar-refractivity contribution < 1.29 is 31.9 Å². The molecule has 2 aromatic carbocycles. The predicted octanol–water partition coefficient (Wildman–Crippen LogP) is 6.03. The van der Waals surface area contributed by atoms with Crippen LogP contribution in [0.3, 0.4) is 0 Å². The molecule has 11 heteroatoms. The molecule has 1 saturated heterocycles. The Morgan fingerprint density at radius 3 is 2.57 bits per heavy atom. The zero-order valence-electron chi connectivity index (χ0n) is 18.4. The van der Waals surface area contributed by atoms with E-state index in [1.807, 2.05) is 0 Å². The van der Waals surface area contributed by atoms with E-state index in [1.54, 1.807) is 18.2 Å². The summed E-state index contributed by atoms with van der Waals surface area (Å²) in [4.78, 5) is 16.7. The van der Waals surface area contributed by atoms with Crippen LogP contribution in [0, 0.1) is 11.7 Å². The maximum Gasteiger partial charge on any atom is 0.401 e. The third kappa shape index (κ3) is 4.22. The van der Waals surface area contributed by atoms with Crippen LogP contribution >= 0.6 is 23.2 Å². The number of rotatable bonds is 5. The molecule has 0 radical (unpaired) electrons. The number of carbonyl (C=O) groups is 1. The number of nitrogens with one attached hydrogen (secondary N) is 1. The van der Waals surface area contributed by atoms with Crippen molar-refractivity contribution in [2.75, 3.05) is 13.1 Å². The van der Waals surface area contributed by atoms with Crippen LogP contribution in [0.5, 0.6) is 0 Å². The number of halogens is 6. The lowest BCUT2D eigenvalue weighted by molar-refractivity contribution is -0.178. The van der Waals surface area contributed by atoms with Crippen molar-refractivity contribution in [3.05, 3.63) is 68.4 Å². The number of alkyl halides is 3. The number of fused-ring (bicyclic) bond motifs is 2. The van der Waals surface area contributed by atoms with E-state index in [1.165, 1.54) is 6.92 Å². The summed E-state index contributed by atoms with van der Waals surface area (Å²) in [6.45, 7) is 2.62. The zero-order valence-corrected chi connectivity index (χ0v) is 19.9. The van der Waals surface area contributed by atoms with Crippen LogP contribution in [0.1, 0.15) is 54.2 Å². The second-order valence-corrected chi connectivity index (χ2v) is 9.90. The molecular formula is C24H20Cl2F4N2O3. The number of hydrogen-bond donors (Lipinski definition) is 1. The van der Waals surface area contributed by atoms with E-state index >= 15 is 0 Å². The van der Waals surface area contributed by atoms with Crippen LogP contribution in [0.25, 0.3) is 0 Å². The Balaban J connectivity index is 1.54. The van der Waals surface area contributed by atoms with Crippen LogP contribution in [0.2, 0.25) is 10.0 Å². The monoisotopic (exact) mass is 530 g/mol. The largest absolute Gasteiger partial charge is 0.401 e. The number of ketones is 1. The lowest BCUT2D eigenvalue weighted by atomic mass is 9.83. The zero-order chi connectivity index (χ0) is 25.1. The molecule has 5 nitrogen and oxygen atoms in total. The van der Waals surface area contributed by atoms with Gasteiger partial charge in [0.25, 0.3) is 0 Å². The van der Waals surface area contributed by atoms with Crippen molar-refractivity contribution in [2.24, 2.45) is 11.1 Å². The molecule has 0 amide bonds. The Morgan fingerprint density at radius 2 is 1.94 bits per heavy atom. The van der Waals surface area contributed by atoms with Crippen LogP contribution in [-0.2, 0) is 20.0 Å².